The zero-order chi connectivity index (χ0) is 15.2. The van der Waals surface area contributed by atoms with Crippen LogP contribution in [0.25, 0.3) is 0 Å². The third-order valence-corrected chi connectivity index (χ3v) is 4.62. The van der Waals surface area contributed by atoms with Gasteiger partial charge in [0.2, 0.25) is 5.91 Å². The summed E-state index contributed by atoms with van der Waals surface area (Å²) >= 11 is 0. The molecule has 0 aromatic heterocycles. The van der Waals surface area contributed by atoms with E-state index >= 15 is 0 Å². The van der Waals surface area contributed by atoms with E-state index in [4.69, 9.17) is 9.47 Å². The Bertz CT molecular complexity index is 486. The van der Waals surface area contributed by atoms with E-state index in [0.717, 1.165) is 6.42 Å². The molecule has 6 nitrogen and oxygen atoms in total. The third-order valence-electron chi connectivity index (χ3n) is 4.62. The van der Waals surface area contributed by atoms with Gasteiger partial charge in [-0.3, -0.25) is 9.59 Å². The van der Waals surface area contributed by atoms with Crippen molar-refractivity contribution in [3.63, 3.8) is 0 Å². The van der Waals surface area contributed by atoms with E-state index in [1.807, 2.05) is 26.0 Å². The molecule has 3 rings (SSSR count). The summed E-state index contributed by atoms with van der Waals surface area (Å²) in [6, 6.07) is 0. The standard InChI is InChI=1S/C15H21NO5/c1-15(2)20-7-10(21-15)6-16-13(17)11-8-3-4-9(5-8)12(11)14(18)19/h3-4,8-12H,5-7H2,1-2H3,(H,16,17)(H,18,19)/t8?,9?,10?,11-,12+/m0/s1. The van der Waals surface area contributed by atoms with Crippen molar-refractivity contribution in [2.75, 3.05) is 13.2 Å². The highest BCUT2D eigenvalue weighted by Gasteiger charge is 2.51. The van der Waals surface area contributed by atoms with Gasteiger partial charge in [-0.05, 0) is 32.1 Å². The van der Waals surface area contributed by atoms with Gasteiger partial charge in [0.15, 0.2) is 5.79 Å². The van der Waals surface area contributed by atoms with Crippen molar-refractivity contribution in [3.05, 3.63) is 12.2 Å². The third kappa shape index (κ3) is 2.70. The second-order valence-electron chi connectivity index (χ2n) is 6.53. The van der Waals surface area contributed by atoms with Crippen LogP contribution >= 0.6 is 0 Å². The average molecular weight is 295 g/mol. The van der Waals surface area contributed by atoms with Crippen LogP contribution in [0.5, 0.6) is 0 Å². The first-order chi connectivity index (χ1) is 9.87. The molecular weight excluding hydrogens is 274 g/mol. The number of rotatable bonds is 4. The highest BCUT2D eigenvalue weighted by molar-refractivity contribution is 5.86. The fourth-order valence-corrected chi connectivity index (χ4v) is 3.71. The molecule has 3 unspecified atom stereocenters. The fraction of sp³-hybridized carbons (Fsp3) is 0.733. The lowest BCUT2D eigenvalue weighted by Gasteiger charge is -2.24. The number of ether oxygens (including phenoxy) is 2. The van der Waals surface area contributed by atoms with Crippen molar-refractivity contribution >= 4 is 11.9 Å². The molecule has 3 aliphatic rings. The van der Waals surface area contributed by atoms with Crippen molar-refractivity contribution in [2.45, 2.75) is 32.2 Å². The first-order valence-corrected chi connectivity index (χ1v) is 7.38. The maximum atomic E-state index is 12.4. The molecule has 5 atom stereocenters. The average Bonchev–Trinajstić information content (AvgIpc) is 3.08. The van der Waals surface area contributed by atoms with Crippen LogP contribution in [0.3, 0.4) is 0 Å². The fourth-order valence-electron chi connectivity index (χ4n) is 3.71. The number of carboxylic acids is 1. The molecule has 2 N–H and O–H groups in total. The van der Waals surface area contributed by atoms with Crippen LogP contribution in [0.4, 0.5) is 0 Å². The van der Waals surface area contributed by atoms with Crippen LogP contribution in [-0.4, -0.2) is 42.0 Å². The summed E-state index contributed by atoms with van der Waals surface area (Å²) in [5, 5.41) is 12.2. The van der Waals surface area contributed by atoms with Gasteiger partial charge in [0.1, 0.15) is 6.10 Å². The van der Waals surface area contributed by atoms with E-state index in [-0.39, 0.29) is 23.8 Å². The predicted octanol–water partition coefficient (Wildman–Crippen LogP) is 0.777. The highest BCUT2D eigenvalue weighted by Crippen LogP contribution is 2.48. The lowest BCUT2D eigenvalue weighted by molar-refractivity contribution is -0.148. The molecule has 1 heterocycles. The highest BCUT2D eigenvalue weighted by atomic mass is 16.7. The molecule has 0 aromatic rings. The Kier molecular flexibility index (Phi) is 3.53. The number of carboxylic acid groups (broad SMARTS) is 1. The van der Waals surface area contributed by atoms with Gasteiger partial charge in [-0.1, -0.05) is 12.2 Å². The van der Waals surface area contributed by atoms with Crippen LogP contribution in [0.2, 0.25) is 0 Å². The molecule has 6 heteroatoms. The minimum atomic E-state index is -0.881. The number of nitrogens with one attached hydrogen (secondary N) is 1. The lowest BCUT2D eigenvalue weighted by atomic mass is 9.82. The Morgan fingerprint density at radius 2 is 1.95 bits per heavy atom. The molecular formula is C15H21NO5. The van der Waals surface area contributed by atoms with E-state index in [1.54, 1.807) is 0 Å². The molecule has 1 saturated carbocycles. The van der Waals surface area contributed by atoms with Crippen molar-refractivity contribution < 1.29 is 24.2 Å². The van der Waals surface area contributed by atoms with Crippen LogP contribution in [0, 0.1) is 23.7 Å². The van der Waals surface area contributed by atoms with Gasteiger partial charge in [0.05, 0.1) is 18.4 Å². The molecule has 21 heavy (non-hydrogen) atoms. The van der Waals surface area contributed by atoms with Gasteiger partial charge >= 0.3 is 5.97 Å². The van der Waals surface area contributed by atoms with Gasteiger partial charge in [0.25, 0.3) is 0 Å². The molecule has 1 amide bonds. The van der Waals surface area contributed by atoms with Gasteiger partial charge in [-0.25, -0.2) is 0 Å². The van der Waals surface area contributed by atoms with Crippen molar-refractivity contribution in [2.24, 2.45) is 23.7 Å². The maximum absolute atomic E-state index is 12.4. The number of carbonyl (C=O) groups is 2. The molecule has 116 valence electrons. The number of amides is 1. The number of allylic oxidation sites excluding steroid dienone is 2. The van der Waals surface area contributed by atoms with E-state index in [9.17, 15) is 14.7 Å². The quantitative estimate of drug-likeness (QED) is 0.749. The van der Waals surface area contributed by atoms with Crippen LogP contribution < -0.4 is 5.32 Å². The van der Waals surface area contributed by atoms with E-state index in [0.29, 0.717) is 13.2 Å². The van der Waals surface area contributed by atoms with Crippen LogP contribution in [-0.2, 0) is 19.1 Å². The molecule has 0 spiro atoms. The summed E-state index contributed by atoms with van der Waals surface area (Å²) in [4.78, 5) is 23.8. The number of fused-ring (bicyclic) bond motifs is 2. The topological polar surface area (TPSA) is 84.9 Å². The molecule has 0 radical (unpaired) electrons. The van der Waals surface area contributed by atoms with Crippen molar-refractivity contribution in [1.29, 1.82) is 0 Å². The molecule has 2 fully saturated rings. The molecule has 0 aromatic carbocycles. The first kappa shape index (κ1) is 14.5. The predicted molar refractivity (Wildman–Crippen MR) is 73.3 cm³/mol. The molecule has 2 bridgehead atoms. The van der Waals surface area contributed by atoms with Crippen LogP contribution in [0.15, 0.2) is 12.2 Å². The minimum absolute atomic E-state index is 0.00625. The zero-order valence-corrected chi connectivity index (χ0v) is 12.2. The number of hydrogen-bond acceptors (Lipinski definition) is 4. The summed E-state index contributed by atoms with van der Waals surface area (Å²) in [6.45, 7) is 4.45. The van der Waals surface area contributed by atoms with E-state index in [1.165, 1.54) is 0 Å². The Morgan fingerprint density at radius 1 is 1.29 bits per heavy atom. The van der Waals surface area contributed by atoms with E-state index in [2.05, 4.69) is 5.32 Å². The monoisotopic (exact) mass is 295 g/mol. The van der Waals surface area contributed by atoms with E-state index < -0.39 is 23.6 Å². The van der Waals surface area contributed by atoms with Gasteiger partial charge in [-0.2, -0.15) is 0 Å². The van der Waals surface area contributed by atoms with Gasteiger partial charge in [0, 0.05) is 6.54 Å². The number of aliphatic carboxylic acids is 1. The van der Waals surface area contributed by atoms with Gasteiger partial charge < -0.3 is 19.9 Å². The lowest BCUT2D eigenvalue weighted by Crippen LogP contribution is -2.43. The maximum Gasteiger partial charge on any atom is 0.307 e. The Labute approximate surface area is 123 Å². The summed E-state index contributed by atoms with van der Waals surface area (Å²) in [7, 11) is 0. The SMILES string of the molecule is CC1(C)OCC(CNC(=O)[C@H]2C3C=CC(C3)[C@H]2C(=O)O)O1. The molecule has 2 aliphatic carbocycles. The van der Waals surface area contributed by atoms with Crippen LogP contribution in [0.1, 0.15) is 20.3 Å². The normalized spacial score (nSPS) is 39.6. The molecule has 1 aliphatic heterocycles. The zero-order valence-electron chi connectivity index (χ0n) is 12.2. The largest absolute Gasteiger partial charge is 0.481 e. The summed E-state index contributed by atoms with van der Waals surface area (Å²) in [5.74, 6) is -2.71. The number of hydrogen-bond donors (Lipinski definition) is 2. The Morgan fingerprint density at radius 3 is 2.52 bits per heavy atom. The first-order valence-electron chi connectivity index (χ1n) is 7.38. The second-order valence-corrected chi connectivity index (χ2v) is 6.53. The summed E-state index contributed by atoms with van der Waals surface area (Å²) in [6.07, 6.45) is 4.50. The Balaban J connectivity index is 1.58. The summed E-state index contributed by atoms with van der Waals surface area (Å²) in [5.41, 5.74) is 0. The molecule has 1 saturated heterocycles. The summed E-state index contributed by atoms with van der Waals surface area (Å²) < 4.78 is 11.1. The Hall–Kier alpha value is -1.40. The smallest absolute Gasteiger partial charge is 0.307 e. The van der Waals surface area contributed by atoms with Gasteiger partial charge in [-0.15, -0.1) is 0 Å². The number of carbonyl (C=O) groups excluding carboxylic acids is 1. The van der Waals surface area contributed by atoms with Crippen molar-refractivity contribution in [3.8, 4) is 0 Å². The second kappa shape index (κ2) is 5.10. The minimum Gasteiger partial charge on any atom is -0.481 e. The van der Waals surface area contributed by atoms with Crippen molar-refractivity contribution in [1.82, 2.24) is 5.32 Å².